The zero-order chi connectivity index (χ0) is 29.5. The normalized spacial score (nSPS) is 13.8. The van der Waals surface area contributed by atoms with Gasteiger partial charge in [0.2, 0.25) is 0 Å². The molecule has 0 aliphatic rings. The summed E-state index contributed by atoms with van der Waals surface area (Å²) in [6, 6.07) is 25.4. The molecule has 0 bridgehead atoms. The second-order valence-electron chi connectivity index (χ2n) is 7.61. The molecule has 40 heavy (non-hydrogen) atoms. The van der Waals surface area contributed by atoms with Gasteiger partial charge < -0.3 is 18.1 Å². The second kappa shape index (κ2) is 15.5. The first-order valence-corrected chi connectivity index (χ1v) is 19.4. The van der Waals surface area contributed by atoms with Gasteiger partial charge >= 0.3 is 0 Å². The Balaban J connectivity index is 0.000000220. The molecule has 4 nitrogen and oxygen atoms in total. The van der Waals surface area contributed by atoms with Crippen molar-refractivity contribution in [2.45, 2.75) is 0 Å². The quantitative estimate of drug-likeness (QED) is 0.130. The van der Waals surface area contributed by atoms with Gasteiger partial charge in [0, 0.05) is 45.9 Å². The zero-order valence-corrected chi connectivity index (χ0v) is 30.3. The molecule has 14 heteroatoms. The summed E-state index contributed by atoms with van der Waals surface area (Å²) in [4.78, 5) is 0. The molecule has 0 N–H and O–H groups in total. The van der Waals surface area contributed by atoms with Gasteiger partial charge in [-0.15, -0.1) is 0 Å². The highest BCUT2D eigenvalue weighted by Crippen LogP contribution is 2.50. The van der Waals surface area contributed by atoms with Crippen molar-refractivity contribution in [2.75, 3.05) is 14.2 Å². The molecule has 0 spiro atoms. The third kappa shape index (κ3) is 8.92. The molecule has 0 aliphatic carbocycles. The molecule has 0 radical (unpaired) electrons. The molecular weight excluding hydrogens is 804 g/mol. The minimum Gasteiger partial charge on any atom is -0.439 e. The van der Waals surface area contributed by atoms with Gasteiger partial charge in [-0.25, -0.2) is 0 Å². The third-order valence-corrected chi connectivity index (χ3v) is 14.3. The Morgan fingerprint density at radius 2 is 0.875 bits per heavy atom. The summed E-state index contributed by atoms with van der Waals surface area (Å²) >= 11 is 42.1. The Morgan fingerprint density at radius 1 is 0.550 bits per heavy atom. The molecule has 0 heterocycles. The van der Waals surface area contributed by atoms with Crippen LogP contribution in [0, 0.1) is 0 Å². The predicted octanol–water partition coefficient (Wildman–Crippen LogP) is 10.8. The van der Waals surface area contributed by atoms with Gasteiger partial charge in [0.05, 0.1) is 20.1 Å². The van der Waals surface area contributed by atoms with E-state index in [4.69, 9.17) is 88.1 Å². The highest BCUT2D eigenvalue weighted by Gasteiger charge is 2.25. The Bertz CT molecular complexity index is 1450. The van der Waals surface area contributed by atoms with E-state index in [2.05, 4.69) is 31.9 Å². The van der Waals surface area contributed by atoms with Crippen molar-refractivity contribution >= 4 is 125 Å². The summed E-state index contributed by atoms with van der Waals surface area (Å²) in [5, 5.41) is 3.46. The summed E-state index contributed by atoms with van der Waals surface area (Å²) in [5.74, 6) is 0.822. The summed E-state index contributed by atoms with van der Waals surface area (Å²) in [7, 11) is 3.06. The van der Waals surface area contributed by atoms with Crippen LogP contribution in [0.4, 0.5) is 0 Å². The smallest absolute Gasteiger partial charge is 0.268 e. The van der Waals surface area contributed by atoms with E-state index < -0.39 is 13.0 Å². The zero-order valence-electron chi connectivity index (χ0n) is 20.7. The molecule has 0 amide bonds. The van der Waals surface area contributed by atoms with Crippen molar-refractivity contribution in [1.82, 2.24) is 0 Å². The molecule has 4 aromatic carbocycles. The van der Waals surface area contributed by atoms with Crippen molar-refractivity contribution in [1.29, 1.82) is 0 Å². The first kappa shape index (κ1) is 34.3. The number of halogens is 6. The maximum Gasteiger partial charge on any atom is 0.268 e. The molecule has 2 unspecified atom stereocenters. The van der Waals surface area contributed by atoms with E-state index in [-0.39, 0.29) is 0 Å². The average molecular weight is 824 g/mol. The van der Waals surface area contributed by atoms with E-state index in [0.717, 1.165) is 10.6 Å². The maximum atomic E-state index is 6.15. The summed E-state index contributed by atoms with van der Waals surface area (Å²) in [6.45, 7) is -5.32. The van der Waals surface area contributed by atoms with Crippen LogP contribution in [0.15, 0.2) is 93.9 Å². The third-order valence-electron chi connectivity index (χ3n) is 5.01. The monoisotopic (exact) mass is 820 g/mol. The average Bonchev–Trinajstić information content (AvgIpc) is 2.95. The van der Waals surface area contributed by atoms with Crippen LogP contribution in [0.5, 0.6) is 11.5 Å². The number of hydrogen-bond donors (Lipinski definition) is 0. The van der Waals surface area contributed by atoms with E-state index in [1.807, 2.05) is 60.7 Å². The molecule has 2 atom stereocenters. The molecule has 4 aromatic rings. The van der Waals surface area contributed by atoms with Gasteiger partial charge in [0.1, 0.15) is 11.5 Å². The number of hydrogen-bond acceptors (Lipinski definition) is 6. The van der Waals surface area contributed by atoms with Gasteiger partial charge in [-0.2, -0.15) is 0 Å². The molecule has 0 aliphatic heterocycles. The van der Waals surface area contributed by atoms with Crippen LogP contribution in [0.3, 0.4) is 0 Å². The molecule has 0 saturated heterocycles. The Kier molecular flexibility index (Phi) is 13.3. The lowest BCUT2D eigenvalue weighted by molar-refractivity contribution is 0.402. The van der Waals surface area contributed by atoms with E-state index in [1.165, 1.54) is 14.2 Å². The fourth-order valence-electron chi connectivity index (χ4n) is 3.02. The second-order valence-corrected chi connectivity index (χ2v) is 17.9. The van der Waals surface area contributed by atoms with Crippen molar-refractivity contribution in [2.24, 2.45) is 0 Å². The lowest BCUT2D eigenvalue weighted by Gasteiger charge is -2.22. The van der Waals surface area contributed by atoms with E-state index in [1.54, 1.807) is 24.3 Å². The van der Waals surface area contributed by atoms with Crippen molar-refractivity contribution in [3.63, 3.8) is 0 Å². The van der Waals surface area contributed by atoms with Crippen molar-refractivity contribution in [3.8, 4) is 11.5 Å². The predicted molar refractivity (Wildman–Crippen MR) is 184 cm³/mol. The lowest BCUT2D eigenvalue weighted by Crippen LogP contribution is -2.10. The van der Waals surface area contributed by atoms with Crippen LogP contribution in [0.2, 0.25) is 20.1 Å². The minimum atomic E-state index is -2.66. The Labute approximate surface area is 280 Å². The molecule has 0 aromatic heterocycles. The fourth-order valence-corrected chi connectivity index (χ4v) is 8.68. The largest absolute Gasteiger partial charge is 0.439 e. The topological polar surface area (TPSA) is 36.9 Å². The lowest BCUT2D eigenvalue weighted by atomic mass is 10.3. The van der Waals surface area contributed by atoms with Gasteiger partial charge in [0.25, 0.3) is 13.0 Å². The summed E-state index contributed by atoms with van der Waals surface area (Å²) < 4.78 is 24.0. The number of benzene rings is 4. The first-order chi connectivity index (χ1) is 18.9. The van der Waals surface area contributed by atoms with Gasteiger partial charge in [0.15, 0.2) is 0 Å². The van der Waals surface area contributed by atoms with E-state index in [0.29, 0.717) is 40.5 Å². The SMILES string of the molecule is COP(=S)(Oc1cc(Cl)c(Br)cc1Cl)c1ccccc1.COP(=S)(Oc1cc(Cl)c(Br)cc1Cl)c1ccccc1. The highest BCUT2D eigenvalue weighted by atomic mass is 79.9. The maximum absolute atomic E-state index is 6.15. The van der Waals surface area contributed by atoms with Crippen LogP contribution in [0.25, 0.3) is 0 Å². The number of rotatable bonds is 8. The fraction of sp³-hybridized carbons (Fsp3) is 0.0769. The van der Waals surface area contributed by atoms with Crippen LogP contribution in [-0.4, -0.2) is 14.2 Å². The van der Waals surface area contributed by atoms with Gasteiger partial charge in [-0.1, -0.05) is 82.8 Å². The van der Waals surface area contributed by atoms with Crippen LogP contribution in [-0.2, 0) is 32.7 Å². The van der Waals surface area contributed by atoms with Crippen LogP contribution < -0.4 is 19.7 Å². The van der Waals surface area contributed by atoms with Crippen LogP contribution >= 0.6 is 91.2 Å². The summed E-state index contributed by atoms with van der Waals surface area (Å²) in [6.07, 6.45) is 0. The minimum absolute atomic E-state index is 0.411. The Hall–Kier alpha value is -0.180. The van der Waals surface area contributed by atoms with Gasteiger partial charge in [-0.05, 0) is 91.9 Å². The molecule has 212 valence electrons. The van der Waals surface area contributed by atoms with Crippen molar-refractivity contribution < 1.29 is 18.1 Å². The standard InChI is InChI=1S/2C13H10BrCl2O2PS/c2*1-17-19(20,9-5-3-2-4-6-9)18-13-8-11(15)10(14)7-12(13)16/h2*2-8H,1H3. The summed E-state index contributed by atoms with van der Waals surface area (Å²) in [5.41, 5.74) is 0. The molecular formula is C26H20Br2Cl4O4P2S2. The van der Waals surface area contributed by atoms with Gasteiger partial charge in [-0.3, -0.25) is 0 Å². The Morgan fingerprint density at radius 3 is 1.18 bits per heavy atom. The van der Waals surface area contributed by atoms with Crippen molar-refractivity contribution in [3.05, 3.63) is 114 Å². The highest BCUT2D eigenvalue weighted by molar-refractivity contribution is 9.10. The molecule has 4 rings (SSSR count). The van der Waals surface area contributed by atoms with E-state index in [9.17, 15) is 0 Å². The molecule has 0 saturated carbocycles. The van der Waals surface area contributed by atoms with Crippen LogP contribution in [0.1, 0.15) is 0 Å². The first-order valence-electron chi connectivity index (χ1n) is 11.0. The molecule has 0 fully saturated rings. The van der Waals surface area contributed by atoms with E-state index >= 15 is 0 Å².